The highest BCUT2D eigenvalue weighted by atomic mass is 16.5. The molecule has 2 aromatic rings. The first kappa shape index (κ1) is 20.1. The molecule has 1 fully saturated rings. The summed E-state index contributed by atoms with van der Waals surface area (Å²) < 4.78 is 4.92. The lowest BCUT2D eigenvalue weighted by Crippen LogP contribution is -2.52. The summed E-state index contributed by atoms with van der Waals surface area (Å²) in [4.78, 5) is 13.9. The lowest BCUT2D eigenvalue weighted by molar-refractivity contribution is 0.169. The van der Waals surface area contributed by atoms with Gasteiger partial charge in [0.25, 0.3) is 0 Å². The van der Waals surface area contributed by atoms with Gasteiger partial charge in [-0.2, -0.15) is 0 Å². The van der Waals surface area contributed by atoms with Crippen molar-refractivity contribution in [2.24, 2.45) is 4.99 Å². The van der Waals surface area contributed by atoms with Crippen molar-refractivity contribution in [2.75, 3.05) is 51.1 Å². The van der Waals surface area contributed by atoms with Gasteiger partial charge in [0.15, 0.2) is 5.96 Å². The maximum Gasteiger partial charge on any atom is 0.194 e. The van der Waals surface area contributed by atoms with Crippen molar-refractivity contribution >= 4 is 11.8 Å². The quantitative estimate of drug-likeness (QED) is 0.388. The number of nitrogens with one attached hydrogen (secondary N) is 2. The smallest absolute Gasteiger partial charge is 0.194 e. The largest absolute Gasteiger partial charge is 0.370 e. The van der Waals surface area contributed by atoms with Gasteiger partial charge in [0.2, 0.25) is 0 Å². The molecule has 1 aliphatic rings. The van der Waals surface area contributed by atoms with Crippen LogP contribution < -0.4 is 10.6 Å². The highest BCUT2D eigenvalue weighted by Crippen LogP contribution is 2.07. The molecule has 0 spiro atoms. The Morgan fingerprint density at radius 1 is 1.18 bits per heavy atom. The molecule has 0 unspecified atom stereocenters. The molecule has 0 aliphatic carbocycles. The molecule has 28 heavy (non-hydrogen) atoms. The van der Waals surface area contributed by atoms with E-state index >= 15 is 0 Å². The van der Waals surface area contributed by atoms with Crippen molar-refractivity contribution in [1.29, 1.82) is 0 Å². The zero-order valence-electron chi connectivity index (χ0n) is 16.7. The monoisotopic (exact) mass is 385 g/mol. The van der Waals surface area contributed by atoms with E-state index in [0.717, 1.165) is 82.7 Å². The van der Waals surface area contributed by atoms with Crippen molar-refractivity contribution in [1.82, 2.24) is 25.3 Å². The summed E-state index contributed by atoms with van der Waals surface area (Å²) >= 11 is 0. The van der Waals surface area contributed by atoms with Gasteiger partial charge in [-0.15, -0.1) is 0 Å². The number of aromatic nitrogens is 2. The Hall–Kier alpha value is -2.61. The predicted octanol–water partition coefficient (Wildman–Crippen LogP) is 2.04. The fourth-order valence-electron chi connectivity index (χ4n) is 3.20. The SMILES string of the molecule is CCNC(=NCCCCNc1ccccn1)N1CCN(Cc2ccon2)CC1. The van der Waals surface area contributed by atoms with Crippen molar-refractivity contribution < 1.29 is 4.52 Å². The van der Waals surface area contributed by atoms with E-state index in [-0.39, 0.29) is 0 Å². The van der Waals surface area contributed by atoms with Gasteiger partial charge in [0.05, 0.1) is 5.69 Å². The number of pyridine rings is 1. The van der Waals surface area contributed by atoms with Crippen LogP contribution in [0.3, 0.4) is 0 Å². The third-order valence-corrected chi connectivity index (χ3v) is 4.70. The number of hydrogen-bond donors (Lipinski definition) is 2. The maximum absolute atomic E-state index is 4.92. The summed E-state index contributed by atoms with van der Waals surface area (Å²) in [6, 6.07) is 7.84. The molecule has 8 nitrogen and oxygen atoms in total. The van der Waals surface area contributed by atoms with Gasteiger partial charge in [-0.1, -0.05) is 11.2 Å². The number of unbranched alkanes of at least 4 members (excludes halogenated alkanes) is 1. The standard InChI is InChI=1S/C20H31N7O/c1-2-21-20(24-11-6-5-10-23-19-7-3-4-9-22-19)27-14-12-26(13-15-27)17-18-8-16-28-25-18/h3-4,7-9,16H,2,5-6,10-15,17H2,1H3,(H,21,24)(H,22,23). The van der Waals surface area contributed by atoms with Crippen LogP contribution in [0.2, 0.25) is 0 Å². The molecule has 0 amide bonds. The topological polar surface area (TPSA) is 81.8 Å². The van der Waals surface area contributed by atoms with Gasteiger partial charge in [-0.05, 0) is 31.9 Å². The van der Waals surface area contributed by atoms with E-state index in [1.165, 1.54) is 0 Å². The number of nitrogens with zero attached hydrogens (tertiary/aromatic N) is 5. The second-order valence-electron chi connectivity index (χ2n) is 6.84. The molecule has 3 heterocycles. The minimum Gasteiger partial charge on any atom is -0.370 e. The maximum atomic E-state index is 4.92. The summed E-state index contributed by atoms with van der Waals surface area (Å²) in [5.74, 6) is 1.96. The first-order valence-corrected chi connectivity index (χ1v) is 10.1. The summed E-state index contributed by atoms with van der Waals surface area (Å²) in [5.41, 5.74) is 0.994. The molecular formula is C20H31N7O. The first-order chi connectivity index (χ1) is 13.8. The Morgan fingerprint density at radius 3 is 2.79 bits per heavy atom. The van der Waals surface area contributed by atoms with Crippen LogP contribution in [0.25, 0.3) is 0 Å². The van der Waals surface area contributed by atoms with Crippen LogP contribution in [-0.2, 0) is 6.54 Å². The summed E-state index contributed by atoms with van der Waals surface area (Å²) in [6.07, 6.45) is 5.57. The van der Waals surface area contributed by atoms with E-state index in [1.54, 1.807) is 12.5 Å². The molecule has 1 saturated heterocycles. The van der Waals surface area contributed by atoms with Crippen molar-refractivity contribution in [3.8, 4) is 0 Å². The second kappa shape index (κ2) is 11.3. The van der Waals surface area contributed by atoms with E-state index in [2.05, 4.69) is 37.5 Å². The summed E-state index contributed by atoms with van der Waals surface area (Å²) in [7, 11) is 0. The zero-order valence-corrected chi connectivity index (χ0v) is 16.7. The lowest BCUT2D eigenvalue weighted by Gasteiger charge is -2.36. The highest BCUT2D eigenvalue weighted by Gasteiger charge is 2.20. The number of hydrogen-bond acceptors (Lipinski definition) is 6. The van der Waals surface area contributed by atoms with E-state index in [9.17, 15) is 0 Å². The molecule has 2 aromatic heterocycles. The lowest BCUT2D eigenvalue weighted by atomic mass is 10.3. The van der Waals surface area contributed by atoms with Crippen molar-refractivity contribution in [2.45, 2.75) is 26.3 Å². The van der Waals surface area contributed by atoms with Crippen LogP contribution in [-0.4, -0.2) is 71.7 Å². The van der Waals surface area contributed by atoms with Crippen LogP contribution in [0, 0.1) is 0 Å². The highest BCUT2D eigenvalue weighted by molar-refractivity contribution is 5.80. The van der Waals surface area contributed by atoms with Gasteiger partial charge < -0.3 is 20.1 Å². The molecule has 8 heteroatoms. The Balaban J connectivity index is 1.36. The molecule has 0 aromatic carbocycles. The van der Waals surface area contributed by atoms with E-state index in [0.29, 0.717) is 0 Å². The predicted molar refractivity (Wildman–Crippen MR) is 111 cm³/mol. The van der Waals surface area contributed by atoms with Crippen LogP contribution in [0.1, 0.15) is 25.5 Å². The Labute approximate surface area is 167 Å². The second-order valence-corrected chi connectivity index (χ2v) is 6.84. The number of piperazine rings is 1. The molecule has 3 rings (SSSR count). The van der Waals surface area contributed by atoms with Gasteiger partial charge >= 0.3 is 0 Å². The Kier molecular flexibility index (Phi) is 8.11. The molecule has 1 aliphatic heterocycles. The molecule has 2 N–H and O–H groups in total. The molecule has 0 bridgehead atoms. The van der Waals surface area contributed by atoms with Crippen molar-refractivity contribution in [3.05, 3.63) is 42.4 Å². The molecule has 0 radical (unpaired) electrons. The van der Waals surface area contributed by atoms with E-state index in [1.807, 2.05) is 24.3 Å². The minimum atomic E-state index is 0.839. The van der Waals surface area contributed by atoms with E-state index < -0.39 is 0 Å². The normalized spacial score (nSPS) is 15.6. The summed E-state index contributed by atoms with van der Waals surface area (Å²) in [5, 5.41) is 10.8. The number of guanidine groups is 1. The van der Waals surface area contributed by atoms with Crippen molar-refractivity contribution in [3.63, 3.8) is 0 Å². The number of anilines is 1. The van der Waals surface area contributed by atoms with Gasteiger partial charge in [-0.3, -0.25) is 9.89 Å². The van der Waals surface area contributed by atoms with Crippen LogP contribution in [0.15, 0.2) is 46.2 Å². The molecular weight excluding hydrogens is 354 g/mol. The van der Waals surface area contributed by atoms with Gasteiger partial charge in [0, 0.05) is 64.6 Å². The minimum absolute atomic E-state index is 0.839. The van der Waals surface area contributed by atoms with E-state index in [4.69, 9.17) is 9.52 Å². The van der Waals surface area contributed by atoms with Crippen LogP contribution in [0.4, 0.5) is 5.82 Å². The summed E-state index contributed by atoms with van der Waals surface area (Å²) in [6.45, 7) is 9.58. The third-order valence-electron chi connectivity index (χ3n) is 4.70. The third kappa shape index (κ3) is 6.53. The number of aliphatic imine (C=N–C) groups is 1. The average molecular weight is 386 g/mol. The van der Waals surface area contributed by atoms with Gasteiger partial charge in [-0.25, -0.2) is 4.98 Å². The van der Waals surface area contributed by atoms with Crippen LogP contribution in [0.5, 0.6) is 0 Å². The number of rotatable bonds is 9. The fraction of sp³-hybridized carbons (Fsp3) is 0.550. The first-order valence-electron chi connectivity index (χ1n) is 10.1. The fourth-order valence-corrected chi connectivity index (χ4v) is 3.20. The Morgan fingerprint density at radius 2 is 2.07 bits per heavy atom. The van der Waals surface area contributed by atoms with Gasteiger partial charge in [0.1, 0.15) is 12.1 Å². The Bertz CT molecular complexity index is 682. The van der Waals surface area contributed by atoms with Crippen LogP contribution >= 0.6 is 0 Å². The molecule has 152 valence electrons. The average Bonchev–Trinajstić information content (AvgIpc) is 3.24. The molecule has 0 atom stereocenters. The zero-order chi connectivity index (χ0) is 19.4. The molecule has 0 saturated carbocycles.